The molecule has 0 aromatic carbocycles. The fourth-order valence-corrected chi connectivity index (χ4v) is 2.66. The van der Waals surface area contributed by atoms with Crippen LogP contribution in [0.25, 0.3) is 0 Å². The third-order valence-electron chi connectivity index (χ3n) is 3.28. The number of hydrogen-bond acceptors (Lipinski definition) is 2. The van der Waals surface area contributed by atoms with E-state index in [-0.39, 0.29) is 17.6 Å². The highest BCUT2D eigenvalue weighted by Gasteiger charge is 2.32. The Morgan fingerprint density at radius 1 is 1.38 bits per heavy atom. The first-order valence-electron chi connectivity index (χ1n) is 6.57. The lowest BCUT2D eigenvalue weighted by Gasteiger charge is -2.36. The second-order valence-electron chi connectivity index (χ2n) is 5.65. The summed E-state index contributed by atoms with van der Waals surface area (Å²) in [5.74, 6) is 0.711. The molecule has 2 nitrogen and oxygen atoms in total. The van der Waals surface area contributed by atoms with Crippen molar-refractivity contribution < 1.29 is 9.84 Å². The Hall–Kier alpha value is 0.350. The second-order valence-corrected chi connectivity index (χ2v) is 7.04. The third-order valence-corrected chi connectivity index (χ3v) is 3.42. The Bertz CT molecular complexity index is 201. The molecule has 0 heterocycles. The summed E-state index contributed by atoms with van der Waals surface area (Å²) in [6.45, 7) is 6.27. The maximum Gasteiger partial charge on any atom is 0.0845 e. The lowest BCUT2D eigenvalue weighted by Crippen LogP contribution is -2.39. The number of unbranched alkanes of at least 4 members (excludes halogenated alkanes) is 1. The molecule has 0 bridgehead atoms. The van der Waals surface area contributed by atoms with Crippen LogP contribution in [0, 0.1) is 5.92 Å². The highest BCUT2D eigenvalue weighted by atomic mass is 31.0. The van der Waals surface area contributed by atoms with Gasteiger partial charge in [-0.25, -0.2) is 0 Å². The van der Waals surface area contributed by atoms with Crippen LogP contribution in [0.4, 0.5) is 0 Å². The normalized spacial score (nSPS) is 31.7. The molecule has 1 N–H and O–H groups in total. The lowest BCUT2D eigenvalue weighted by molar-refractivity contribution is -0.106. The molecule has 0 spiro atoms. The molecule has 4 unspecified atom stereocenters. The summed E-state index contributed by atoms with van der Waals surface area (Å²) >= 11 is 0. The highest BCUT2D eigenvalue weighted by Crippen LogP contribution is 2.33. The van der Waals surface area contributed by atoms with Gasteiger partial charge in [-0.15, -0.1) is 9.24 Å². The van der Waals surface area contributed by atoms with Gasteiger partial charge in [-0.05, 0) is 39.0 Å². The average Bonchev–Trinajstić information content (AvgIpc) is 2.17. The largest absolute Gasteiger partial charge is 0.390 e. The van der Waals surface area contributed by atoms with Crippen molar-refractivity contribution in [1.29, 1.82) is 0 Å². The summed E-state index contributed by atoms with van der Waals surface area (Å²) in [4.78, 5) is 0. The molecule has 1 aliphatic carbocycles. The Morgan fingerprint density at radius 3 is 2.56 bits per heavy atom. The van der Waals surface area contributed by atoms with Crippen molar-refractivity contribution in [3.05, 3.63) is 0 Å². The van der Waals surface area contributed by atoms with Gasteiger partial charge in [-0.3, -0.25) is 0 Å². The summed E-state index contributed by atoms with van der Waals surface area (Å²) in [6, 6.07) is 0. The van der Waals surface area contributed by atoms with Crippen LogP contribution in [-0.4, -0.2) is 22.7 Å². The van der Waals surface area contributed by atoms with Gasteiger partial charge in [0, 0.05) is 0 Å². The van der Waals surface area contributed by atoms with E-state index in [0.29, 0.717) is 5.92 Å². The van der Waals surface area contributed by atoms with Gasteiger partial charge < -0.3 is 9.84 Å². The molecular formula is C13H27O2P. The molecule has 0 radical (unpaired) electrons. The quantitative estimate of drug-likeness (QED) is 0.754. The third kappa shape index (κ3) is 5.12. The number of ether oxygens (including phenoxy) is 1. The van der Waals surface area contributed by atoms with E-state index in [1.54, 1.807) is 0 Å². The van der Waals surface area contributed by atoms with Gasteiger partial charge in [-0.1, -0.05) is 26.2 Å². The van der Waals surface area contributed by atoms with E-state index < -0.39 is 0 Å². The van der Waals surface area contributed by atoms with Gasteiger partial charge in [0.1, 0.15) is 0 Å². The highest BCUT2D eigenvalue weighted by molar-refractivity contribution is 7.18. The van der Waals surface area contributed by atoms with Crippen LogP contribution in [0.3, 0.4) is 0 Å². The van der Waals surface area contributed by atoms with Crippen molar-refractivity contribution in [2.45, 2.75) is 76.8 Å². The van der Waals surface area contributed by atoms with Crippen LogP contribution in [0.1, 0.15) is 59.3 Å². The number of rotatable bonds is 5. The molecule has 0 amide bonds. The van der Waals surface area contributed by atoms with Crippen molar-refractivity contribution in [3.63, 3.8) is 0 Å². The van der Waals surface area contributed by atoms with Gasteiger partial charge in [0.2, 0.25) is 0 Å². The fraction of sp³-hybridized carbons (Fsp3) is 1.00. The number of aliphatic hydroxyl groups is 1. The van der Waals surface area contributed by atoms with Gasteiger partial charge in [0.25, 0.3) is 0 Å². The summed E-state index contributed by atoms with van der Waals surface area (Å²) in [5.41, 5.74) is 0. The Balaban J connectivity index is 2.34. The summed E-state index contributed by atoms with van der Waals surface area (Å²) < 4.78 is 5.86. The van der Waals surface area contributed by atoms with E-state index in [9.17, 15) is 5.11 Å². The van der Waals surface area contributed by atoms with E-state index in [1.165, 1.54) is 25.7 Å². The predicted molar refractivity (Wildman–Crippen MR) is 71.5 cm³/mol. The molecule has 4 atom stereocenters. The van der Waals surface area contributed by atoms with E-state index in [1.807, 2.05) is 13.8 Å². The Kier molecular flexibility index (Phi) is 5.70. The predicted octanol–water partition coefficient (Wildman–Crippen LogP) is 3.33. The molecule has 0 saturated heterocycles. The molecule has 0 aromatic heterocycles. The standard InChI is InChI=1S/C13H27O2P/c1-4-5-6-10-7-8-12(11(14)9-10)15-13(2,3)16/h10-12,14H,4-9,16H2,1-3H3. The van der Waals surface area contributed by atoms with Crippen molar-refractivity contribution >= 4 is 9.24 Å². The van der Waals surface area contributed by atoms with Crippen LogP contribution >= 0.6 is 9.24 Å². The van der Waals surface area contributed by atoms with E-state index in [2.05, 4.69) is 16.2 Å². The van der Waals surface area contributed by atoms with E-state index in [4.69, 9.17) is 4.74 Å². The summed E-state index contributed by atoms with van der Waals surface area (Å²) in [7, 11) is 2.68. The van der Waals surface area contributed by atoms with Crippen molar-refractivity contribution in [3.8, 4) is 0 Å². The minimum Gasteiger partial charge on any atom is -0.390 e. The first kappa shape index (κ1) is 14.4. The molecular weight excluding hydrogens is 219 g/mol. The second kappa shape index (κ2) is 6.33. The zero-order valence-electron chi connectivity index (χ0n) is 10.9. The van der Waals surface area contributed by atoms with Crippen molar-refractivity contribution in [2.75, 3.05) is 0 Å². The van der Waals surface area contributed by atoms with Crippen LogP contribution in [0.15, 0.2) is 0 Å². The minimum atomic E-state index is -0.268. The van der Waals surface area contributed by atoms with Gasteiger partial charge in [-0.2, -0.15) is 0 Å². The molecule has 3 heteroatoms. The van der Waals surface area contributed by atoms with E-state index >= 15 is 0 Å². The molecule has 0 aromatic rings. The van der Waals surface area contributed by atoms with E-state index in [0.717, 1.165) is 12.8 Å². The number of aliphatic hydroxyl groups excluding tert-OH is 1. The zero-order valence-corrected chi connectivity index (χ0v) is 12.1. The smallest absolute Gasteiger partial charge is 0.0845 e. The maximum absolute atomic E-state index is 10.1. The molecule has 1 aliphatic rings. The van der Waals surface area contributed by atoms with Crippen molar-refractivity contribution in [1.82, 2.24) is 0 Å². The maximum atomic E-state index is 10.1. The first-order valence-corrected chi connectivity index (χ1v) is 7.15. The molecule has 1 rings (SSSR count). The molecule has 96 valence electrons. The van der Waals surface area contributed by atoms with Crippen LogP contribution in [-0.2, 0) is 4.74 Å². The van der Waals surface area contributed by atoms with Gasteiger partial charge >= 0.3 is 0 Å². The SMILES string of the molecule is CCCCC1CCC(OC(C)(C)P)C(O)C1. The minimum absolute atomic E-state index is 0.0328. The Morgan fingerprint density at radius 2 is 2.06 bits per heavy atom. The Labute approximate surface area is 102 Å². The zero-order chi connectivity index (χ0) is 12.2. The van der Waals surface area contributed by atoms with Gasteiger partial charge in [0.15, 0.2) is 0 Å². The molecule has 1 fully saturated rings. The average molecular weight is 246 g/mol. The first-order chi connectivity index (χ1) is 7.42. The lowest BCUT2D eigenvalue weighted by atomic mass is 9.82. The monoisotopic (exact) mass is 246 g/mol. The topological polar surface area (TPSA) is 29.5 Å². The van der Waals surface area contributed by atoms with Gasteiger partial charge in [0.05, 0.1) is 17.6 Å². The molecule has 0 aliphatic heterocycles. The number of hydrogen-bond donors (Lipinski definition) is 1. The summed E-state index contributed by atoms with van der Waals surface area (Å²) in [5, 5.41) is 9.85. The molecule has 1 saturated carbocycles. The van der Waals surface area contributed by atoms with Crippen LogP contribution in [0.2, 0.25) is 0 Å². The van der Waals surface area contributed by atoms with Crippen molar-refractivity contribution in [2.24, 2.45) is 5.92 Å². The van der Waals surface area contributed by atoms with Crippen LogP contribution < -0.4 is 0 Å². The fourth-order valence-electron chi connectivity index (χ4n) is 2.49. The summed E-state index contributed by atoms with van der Waals surface area (Å²) in [6.07, 6.45) is 6.72. The molecule has 16 heavy (non-hydrogen) atoms. The van der Waals surface area contributed by atoms with Crippen LogP contribution in [0.5, 0.6) is 0 Å².